The van der Waals surface area contributed by atoms with Gasteiger partial charge in [-0.1, -0.05) is 35.0 Å². The Morgan fingerprint density at radius 2 is 2.25 bits per heavy atom. The molecule has 0 fully saturated rings. The summed E-state index contributed by atoms with van der Waals surface area (Å²) < 4.78 is 0. The van der Waals surface area contributed by atoms with Crippen LogP contribution in [0, 0.1) is 5.92 Å². The molecule has 0 aliphatic heterocycles. The van der Waals surface area contributed by atoms with Crippen molar-refractivity contribution in [1.82, 2.24) is 0 Å². The van der Waals surface area contributed by atoms with E-state index in [2.05, 4.69) is 15.9 Å². The number of halogens is 1. The molecule has 0 aliphatic rings. The number of carboxylic acids is 1. The summed E-state index contributed by atoms with van der Waals surface area (Å²) in [5.74, 6) is -0.852. The lowest BCUT2D eigenvalue weighted by Gasteiger charge is -2.06. The van der Waals surface area contributed by atoms with Gasteiger partial charge in [0.05, 0.1) is 5.92 Å². The predicted octanol–water partition coefficient (Wildman–Crippen LogP) is 2.83. The summed E-state index contributed by atoms with van der Waals surface area (Å²) in [5.41, 5.74) is 0. The van der Waals surface area contributed by atoms with E-state index in [0.29, 0.717) is 0 Å². The number of hydrogen-bond donors (Lipinski definition) is 1. The highest BCUT2D eigenvalue weighted by Gasteiger charge is 2.12. The molecule has 70 valence electrons. The summed E-state index contributed by atoms with van der Waals surface area (Å²) in [6.07, 6.45) is 6.33. The maximum absolute atomic E-state index is 10.6. The highest BCUT2D eigenvalue weighted by atomic mass is 79.9. The molecule has 0 bridgehead atoms. The normalized spacial score (nSPS) is 13.5. The largest absolute Gasteiger partial charge is 0.481 e. The van der Waals surface area contributed by atoms with Crippen molar-refractivity contribution in [2.75, 3.05) is 5.33 Å². The monoisotopic (exact) mass is 234 g/mol. The van der Waals surface area contributed by atoms with E-state index in [9.17, 15) is 4.79 Å². The molecule has 0 spiro atoms. The molecule has 0 rings (SSSR count). The van der Waals surface area contributed by atoms with Crippen LogP contribution in [0.2, 0.25) is 0 Å². The van der Waals surface area contributed by atoms with E-state index >= 15 is 0 Å². The fourth-order valence-corrected chi connectivity index (χ4v) is 1.24. The van der Waals surface area contributed by atoms with E-state index in [1.165, 1.54) is 0 Å². The average molecular weight is 235 g/mol. The first-order chi connectivity index (χ1) is 5.72. The van der Waals surface area contributed by atoms with E-state index in [0.717, 1.165) is 24.6 Å². The zero-order chi connectivity index (χ0) is 9.40. The van der Waals surface area contributed by atoms with Crippen molar-refractivity contribution < 1.29 is 9.90 Å². The summed E-state index contributed by atoms with van der Waals surface area (Å²) in [7, 11) is 0. The average Bonchev–Trinajstić information content (AvgIpc) is 2.04. The first kappa shape index (κ1) is 11.7. The van der Waals surface area contributed by atoms with Gasteiger partial charge in [-0.15, -0.1) is 0 Å². The van der Waals surface area contributed by atoms with Crippen LogP contribution in [-0.2, 0) is 4.79 Å². The minimum atomic E-state index is -0.676. The van der Waals surface area contributed by atoms with Crippen LogP contribution in [0.4, 0.5) is 0 Å². The smallest absolute Gasteiger partial charge is 0.306 e. The Hall–Kier alpha value is -0.310. The maximum Gasteiger partial charge on any atom is 0.306 e. The molecule has 0 amide bonds. The van der Waals surface area contributed by atoms with Gasteiger partial charge in [0.25, 0.3) is 0 Å². The van der Waals surface area contributed by atoms with Crippen LogP contribution in [0.5, 0.6) is 0 Å². The fourth-order valence-electron chi connectivity index (χ4n) is 0.980. The van der Waals surface area contributed by atoms with Crippen molar-refractivity contribution in [2.45, 2.75) is 26.2 Å². The van der Waals surface area contributed by atoms with E-state index in [1.54, 1.807) is 0 Å². The van der Waals surface area contributed by atoms with E-state index < -0.39 is 5.97 Å². The lowest BCUT2D eigenvalue weighted by atomic mass is 10.0. The molecule has 1 unspecified atom stereocenters. The number of carboxylic acid groups (broad SMARTS) is 1. The predicted molar refractivity (Wildman–Crippen MR) is 53.6 cm³/mol. The lowest BCUT2D eigenvalue weighted by Crippen LogP contribution is -2.11. The molecule has 0 aliphatic carbocycles. The summed E-state index contributed by atoms with van der Waals surface area (Å²) >= 11 is 3.26. The van der Waals surface area contributed by atoms with Crippen LogP contribution in [0.1, 0.15) is 26.2 Å². The van der Waals surface area contributed by atoms with Crippen LogP contribution < -0.4 is 0 Å². The number of alkyl halides is 1. The first-order valence-corrected chi connectivity index (χ1v) is 5.28. The Bertz CT molecular complexity index is 155. The Morgan fingerprint density at radius 3 is 2.67 bits per heavy atom. The number of carbonyl (C=O) groups is 1. The van der Waals surface area contributed by atoms with Crippen molar-refractivity contribution in [1.29, 1.82) is 0 Å². The first-order valence-electron chi connectivity index (χ1n) is 4.16. The van der Waals surface area contributed by atoms with Gasteiger partial charge >= 0.3 is 5.97 Å². The van der Waals surface area contributed by atoms with Gasteiger partial charge in [-0.25, -0.2) is 0 Å². The molecule has 12 heavy (non-hydrogen) atoms. The minimum Gasteiger partial charge on any atom is -0.481 e. The van der Waals surface area contributed by atoms with Gasteiger partial charge in [-0.05, 0) is 19.3 Å². The van der Waals surface area contributed by atoms with Crippen LogP contribution in [0.3, 0.4) is 0 Å². The van der Waals surface area contributed by atoms with Crippen LogP contribution in [-0.4, -0.2) is 16.4 Å². The Morgan fingerprint density at radius 1 is 1.58 bits per heavy atom. The van der Waals surface area contributed by atoms with Crippen molar-refractivity contribution >= 4 is 21.9 Å². The molecule has 0 heterocycles. The van der Waals surface area contributed by atoms with Crippen LogP contribution in [0.15, 0.2) is 12.2 Å². The molecule has 0 aromatic carbocycles. The van der Waals surface area contributed by atoms with Gasteiger partial charge in [0.2, 0.25) is 0 Å². The quantitative estimate of drug-likeness (QED) is 0.567. The zero-order valence-corrected chi connectivity index (χ0v) is 8.88. The molecule has 3 heteroatoms. The second-order valence-corrected chi connectivity index (χ2v) is 3.29. The maximum atomic E-state index is 10.6. The number of aliphatic carboxylic acids is 1. The van der Waals surface area contributed by atoms with Crippen LogP contribution in [0.25, 0.3) is 0 Å². The molecule has 1 N–H and O–H groups in total. The summed E-state index contributed by atoms with van der Waals surface area (Å²) in [6, 6.07) is 0. The van der Waals surface area contributed by atoms with Gasteiger partial charge in [-0.2, -0.15) is 0 Å². The SMILES string of the molecule is CCC(CC/C=C/CBr)C(=O)O. The molecule has 2 nitrogen and oxygen atoms in total. The second-order valence-electron chi connectivity index (χ2n) is 2.65. The fraction of sp³-hybridized carbons (Fsp3) is 0.667. The van der Waals surface area contributed by atoms with Gasteiger partial charge in [-0.3, -0.25) is 4.79 Å². The molecule has 0 saturated heterocycles. The lowest BCUT2D eigenvalue weighted by molar-refractivity contribution is -0.142. The van der Waals surface area contributed by atoms with Gasteiger partial charge < -0.3 is 5.11 Å². The molecule has 0 aromatic rings. The van der Waals surface area contributed by atoms with Gasteiger partial charge in [0.15, 0.2) is 0 Å². The van der Waals surface area contributed by atoms with Crippen molar-refractivity contribution in [3.8, 4) is 0 Å². The van der Waals surface area contributed by atoms with Gasteiger partial charge in [0.1, 0.15) is 0 Å². The number of hydrogen-bond acceptors (Lipinski definition) is 1. The van der Waals surface area contributed by atoms with Gasteiger partial charge in [0, 0.05) is 5.33 Å². The third kappa shape index (κ3) is 5.35. The standard InChI is InChI=1S/C9H15BrO2/c1-2-8(9(11)12)6-4-3-5-7-10/h3,5,8H,2,4,6-7H2,1H3,(H,11,12)/b5-3+. The topological polar surface area (TPSA) is 37.3 Å². The van der Waals surface area contributed by atoms with E-state index in [-0.39, 0.29) is 5.92 Å². The van der Waals surface area contributed by atoms with Crippen molar-refractivity contribution in [2.24, 2.45) is 5.92 Å². The molecule has 0 saturated carbocycles. The van der Waals surface area contributed by atoms with E-state index in [4.69, 9.17) is 5.11 Å². The van der Waals surface area contributed by atoms with Crippen LogP contribution >= 0.6 is 15.9 Å². The van der Waals surface area contributed by atoms with Crippen molar-refractivity contribution in [3.63, 3.8) is 0 Å². The summed E-state index contributed by atoms with van der Waals surface area (Å²) in [5, 5.41) is 9.54. The van der Waals surface area contributed by atoms with Crippen molar-refractivity contribution in [3.05, 3.63) is 12.2 Å². The number of rotatable bonds is 6. The third-order valence-electron chi connectivity index (χ3n) is 1.78. The molecular formula is C9H15BrO2. The molecular weight excluding hydrogens is 220 g/mol. The molecule has 0 radical (unpaired) electrons. The highest BCUT2D eigenvalue weighted by Crippen LogP contribution is 2.11. The summed E-state index contributed by atoms with van der Waals surface area (Å²) in [6.45, 7) is 1.91. The zero-order valence-electron chi connectivity index (χ0n) is 7.29. The minimum absolute atomic E-state index is 0.176. The Balaban J connectivity index is 3.58. The summed E-state index contributed by atoms with van der Waals surface area (Å²) in [4.78, 5) is 10.6. The number of allylic oxidation sites excluding steroid dienone is 2. The third-order valence-corrected chi connectivity index (χ3v) is 2.15. The molecule has 1 atom stereocenters. The highest BCUT2D eigenvalue weighted by molar-refractivity contribution is 9.09. The second kappa shape index (κ2) is 7.35. The Labute approximate surface area is 81.8 Å². The van der Waals surface area contributed by atoms with E-state index in [1.807, 2.05) is 19.1 Å². The Kier molecular flexibility index (Phi) is 7.16. The molecule has 0 aromatic heterocycles.